The predicted molar refractivity (Wildman–Crippen MR) is 95.3 cm³/mol. The lowest BCUT2D eigenvalue weighted by Crippen LogP contribution is -2.23. The van der Waals surface area contributed by atoms with Gasteiger partial charge in [-0.1, -0.05) is 23.4 Å². The van der Waals surface area contributed by atoms with Gasteiger partial charge in [0.1, 0.15) is 11.5 Å². The van der Waals surface area contributed by atoms with Crippen molar-refractivity contribution in [2.24, 2.45) is 0 Å². The molecule has 2 N–H and O–H groups in total. The smallest absolute Gasteiger partial charge is 0.241 e. The van der Waals surface area contributed by atoms with Crippen LogP contribution in [0.15, 0.2) is 45.9 Å². The molecule has 0 aliphatic carbocycles. The van der Waals surface area contributed by atoms with Crippen LogP contribution in [0.4, 0.5) is 5.82 Å². The fourth-order valence-electron chi connectivity index (χ4n) is 2.16. The molecule has 0 unspecified atom stereocenters. The summed E-state index contributed by atoms with van der Waals surface area (Å²) in [7, 11) is -0.508. The Morgan fingerprint density at radius 1 is 1.36 bits per heavy atom. The van der Waals surface area contributed by atoms with E-state index in [-0.39, 0.29) is 12.1 Å². The molecule has 0 bridgehead atoms. The minimum atomic E-state index is -3.76. The van der Waals surface area contributed by atoms with Crippen molar-refractivity contribution in [2.75, 3.05) is 25.3 Å². The largest absolute Gasteiger partial charge is 0.388 e. The number of hydrogen-bond donors (Lipinski definition) is 2. The first-order valence-electron chi connectivity index (χ1n) is 7.29. The summed E-state index contributed by atoms with van der Waals surface area (Å²) >= 11 is 0. The first-order valence-corrected chi connectivity index (χ1v) is 8.94. The van der Waals surface area contributed by atoms with Crippen molar-refractivity contribution in [1.82, 2.24) is 10.1 Å². The molecule has 0 fully saturated rings. The zero-order valence-electron chi connectivity index (χ0n) is 14.1. The molecule has 1 aromatic carbocycles. The van der Waals surface area contributed by atoms with Crippen LogP contribution in [0.1, 0.15) is 7.19 Å². The maximum atomic E-state index is 12.4. The van der Waals surface area contributed by atoms with Crippen molar-refractivity contribution in [1.29, 1.82) is 0 Å². The molecule has 3 aromatic rings. The number of para-hydroxylation sites is 1. The summed E-state index contributed by atoms with van der Waals surface area (Å²) in [4.78, 5) is 14.9. The van der Waals surface area contributed by atoms with E-state index in [4.69, 9.17) is 4.52 Å². The highest BCUT2D eigenvalue weighted by Crippen LogP contribution is 2.23. The lowest BCUT2D eigenvalue weighted by molar-refractivity contribution is -0.113. The van der Waals surface area contributed by atoms with E-state index in [0.717, 1.165) is 0 Å². The van der Waals surface area contributed by atoms with Gasteiger partial charge in [0.2, 0.25) is 5.91 Å². The predicted octanol–water partition coefficient (Wildman–Crippen LogP) is 2.39. The van der Waals surface area contributed by atoms with E-state index in [1.807, 2.05) is 0 Å². The van der Waals surface area contributed by atoms with Crippen molar-refractivity contribution in [2.45, 2.75) is 11.8 Å². The summed E-state index contributed by atoms with van der Waals surface area (Å²) in [5.41, 5.74) is 0.702. The molecule has 136 valence electrons. The van der Waals surface area contributed by atoms with E-state index in [1.165, 1.54) is 12.3 Å². The second-order valence-corrected chi connectivity index (χ2v) is 7.19. The molecule has 0 aliphatic rings. The standard InChI is InChI=1S/C14H13N3O4S.C2H6O.H2/c1-9-6-13(17-21-9)16-14(18)8-22(19,20)12-7-15-11-5-3-2-4-10(11)12;1-3-2;/h2-7,15H,8H2,1H3,(H,16,17,18);1-2H3;1H. The van der Waals surface area contributed by atoms with E-state index in [1.54, 1.807) is 45.4 Å². The lowest BCUT2D eigenvalue weighted by atomic mass is 10.2. The molecule has 0 saturated heterocycles. The number of aryl methyl sites for hydroxylation is 1. The van der Waals surface area contributed by atoms with Gasteiger partial charge in [-0.25, -0.2) is 8.42 Å². The molecule has 1 amide bonds. The molecule has 0 aliphatic heterocycles. The number of carbonyl (C=O) groups is 1. The number of methoxy groups -OCH3 is 1. The zero-order chi connectivity index (χ0) is 18.4. The van der Waals surface area contributed by atoms with Crippen LogP contribution in [0.5, 0.6) is 0 Å². The average molecular weight is 367 g/mol. The number of nitrogens with one attached hydrogen (secondary N) is 2. The van der Waals surface area contributed by atoms with Crippen molar-refractivity contribution in [3.05, 3.63) is 42.3 Å². The van der Waals surface area contributed by atoms with Gasteiger partial charge in [-0.2, -0.15) is 0 Å². The summed E-state index contributed by atoms with van der Waals surface area (Å²) in [5, 5.41) is 6.55. The molecule has 2 aromatic heterocycles. The number of aromatic nitrogens is 2. The number of fused-ring (bicyclic) bond motifs is 1. The second-order valence-electron chi connectivity index (χ2n) is 5.24. The minimum Gasteiger partial charge on any atom is -0.388 e. The number of carbonyl (C=O) groups excluding carboxylic acids is 1. The number of anilines is 1. The van der Waals surface area contributed by atoms with E-state index in [0.29, 0.717) is 16.7 Å². The lowest BCUT2D eigenvalue weighted by Gasteiger charge is -2.03. The topological polar surface area (TPSA) is 114 Å². The Labute approximate surface area is 146 Å². The van der Waals surface area contributed by atoms with Crippen molar-refractivity contribution < 1.29 is 23.9 Å². The quantitative estimate of drug-likeness (QED) is 0.732. The van der Waals surface area contributed by atoms with Crippen molar-refractivity contribution in [3.63, 3.8) is 0 Å². The van der Waals surface area contributed by atoms with Gasteiger partial charge in [-0.15, -0.1) is 0 Å². The minimum absolute atomic E-state index is 0. The number of hydrogen-bond acceptors (Lipinski definition) is 6. The fourth-order valence-corrected chi connectivity index (χ4v) is 3.48. The van der Waals surface area contributed by atoms with Crippen LogP contribution in [0.2, 0.25) is 0 Å². The molecule has 8 nitrogen and oxygen atoms in total. The number of benzene rings is 1. The number of aromatic amines is 1. The monoisotopic (exact) mass is 367 g/mol. The Morgan fingerprint density at radius 2 is 2.04 bits per heavy atom. The van der Waals surface area contributed by atoms with Crippen molar-refractivity contribution in [3.8, 4) is 0 Å². The highest BCUT2D eigenvalue weighted by atomic mass is 32.2. The molecule has 3 rings (SSSR count). The first kappa shape index (κ1) is 18.7. The van der Waals surface area contributed by atoms with Gasteiger partial charge in [-0.3, -0.25) is 4.79 Å². The number of H-pyrrole nitrogens is 1. The third kappa shape index (κ3) is 4.68. The van der Waals surface area contributed by atoms with E-state index in [2.05, 4.69) is 20.2 Å². The van der Waals surface area contributed by atoms with Gasteiger partial charge in [0.05, 0.1) is 4.90 Å². The van der Waals surface area contributed by atoms with E-state index in [9.17, 15) is 13.2 Å². The molecule has 0 radical (unpaired) electrons. The SMILES string of the molecule is COC.Cc1cc(NC(=O)CS(=O)(=O)c2c[nH]c3ccccc23)no1.[HH]. The molecule has 0 atom stereocenters. The number of nitrogens with zero attached hydrogens (tertiary/aromatic N) is 1. The van der Waals surface area contributed by atoms with Gasteiger partial charge in [0.15, 0.2) is 15.7 Å². The van der Waals surface area contributed by atoms with Crippen LogP contribution in [-0.4, -0.2) is 44.4 Å². The summed E-state index contributed by atoms with van der Waals surface area (Å²) < 4.78 is 33.8. The fraction of sp³-hybridized carbons (Fsp3) is 0.250. The summed E-state index contributed by atoms with van der Waals surface area (Å²) in [5.74, 6) is -0.620. The Balaban J connectivity index is 0.000000791. The van der Waals surface area contributed by atoms with Crippen LogP contribution in [-0.2, 0) is 19.4 Å². The Kier molecular flexibility index (Phi) is 5.94. The molecule has 2 heterocycles. The summed E-state index contributed by atoms with van der Waals surface area (Å²) in [6.45, 7) is 1.67. The van der Waals surface area contributed by atoms with Crippen LogP contribution in [0.25, 0.3) is 10.9 Å². The Bertz CT molecular complexity index is 965. The molecule has 25 heavy (non-hydrogen) atoms. The third-order valence-electron chi connectivity index (χ3n) is 3.10. The molecular weight excluding hydrogens is 346 g/mol. The van der Waals surface area contributed by atoms with E-state index < -0.39 is 21.5 Å². The molecule has 0 saturated carbocycles. The summed E-state index contributed by atoms with van der Waals surface area (Å²) in [6, 6.07) is 8.52. The highest BCUT2D eigenvalue weighted by Gasteiger charge is 2.23. The molecule has 0 spiro atoms. The van der Waals surface area contributed by atoms with Crippen LogP contribution in [0, 0.1) is 6.92 Å². The van der Waals surface area contributed by atoms with Gasteiger partial charge < -0.3 is 19.6 Å². The molecule has 9 heteroatoms. The van der Waals surface area contributed by atoms with Gasteiger partial charge in [-0.05, 0) is 13.0 Å². The molecular formula is C16H21N3O5S. The first-order chi connectivity index (χ1) is 11.9. The van der Waals surface area contributed by atoms with Crippen LogP contribution < -0.4 is 5.32 Å². The Hall–Kier alpha value is -2.65. The van der Waals surface area contributed by atoms with Gasteiger partial charge in [0.25, 0.3) is 0 Å². The van der Waals surface area contributed by atoms with Crippen LogP contribution in [0.3, 0.4) is 0 Å². The number of rotatable bonds is 4. The van der Waals surface area contributed by atoms with Crippen molar-refractivity contribution >= 4 is 32.5 Å². The summed E-state index contributed by atoms with van der Waals surface area (Å²) in [6.07, 6.45) is 1.40. The van der Waals surface area contributed by atoms with Crippen LogP contribution >= 0.6 is 0 Å². The third-order valence-corrected chi connectivity index (χ3v) is 4.75. The Morgan fingerprint density at radius 3 is 2.68 bits per heavy atom. The normalized spacial score (nSPS) is 11.0. The second kappa shape index (κ2) is 7.95. The zero-order valence-corrected chi connectivity index (χ0v) is 14.9. The maximum Gasteiger partial charge on any atom is 0.241 e. The average Bonchev–Trinajstić information content (AvgIpc) is 3.14. The highest BCUT2D eigenvalue weighted by molar-refractivity contribution is 7.92. The number of amides is 1. The van der Waals surface area contributed by atoms with Gasteiger partial charge >= 0.3 is 0 Å². The van der Waals surface area contributed by atoms with E-state index >= 15 is 0 Å². The van der Waals surface area contributed by atoms with Gasteiger partial charge in [0, 0.05) is 38.8 Å². The number of sulfone groups is 1. The number of ether oxygens (including phenoxy) is 1. The maximum absolute atomic E-state index is 12.4.